The number of fused-ring (bicyclic) bond motifs is 3. The van der Waals surface area contributed by atoms with E-state index in [2.05, 4.69) is 21.6 Å². The van der Waals surface area contributed by atoms with Crippen molar-refractivity contribution < 1.29 is 8.42 Å². The summed E-state index contributed by atoms with van der Waals surface area (Å²) in [6.07, 6.45) is 1.67. The molecule has 0 fully saturated rings. The number of halogens is 1. The van der Waals surface area contributed by atoms with Crippen molar-refractivity contribution in [2.24, 2.45) is 0 Å². The summed E-state index contributed by atoms with van der Waals surface area (Å²) in [5.41, 5.74) is 2.54. The highest BCUT2D eigenvalue weighted by molar-refractivity contribution is 7.99. The fourth-order valence-electron chi connectivity index (χ4n) is 2.78. The summed E-state index contributed by atoms with van der Waals surface area (Å²) in [5.74, 6) is 0.0395. The van der Waals surface area contributed by atoms with Crippen LogP contribution in [0.5, 0.6) is 0 Å². The molecule has 0 saturated heterocycles. The van der Waals surface area contributed by atoms with E-state index < -0.39 is 10.0 Å². The number of rotatable bonds is 3. The Morgan fingerprint density at radius 3 is 2.69 bits per heavy atom. The zero-order valence-corrected chi connectivity index (χ0v) is 16.1. The Morgan fingerprint density at radius 2 is 1.92 bits per heavy atom. The molecule has 5 nitrogen and oxygen atoms in total. The molecule has 4 rings (SSSR count). The lowest BCUT2D eigenvalue weighted by molar-refractivity contribution is 0.601. The number of benzene rings is 2. The maximum Gasteiger partial charge on any atom is 0.264 e. The maximum atomic E-state index is 12.5. The monoisotopic (exact) mass is 403 g/mol. The van der Waals surface area contributed by atoms with Crippen molar-refractivity contribution in [1.82, 2.24) is 9.97 Å². The minimum atomic E-state index is -3.75. The van der Waals surface area contributed by atoms with Gasteiger partial charge in [-0.15, -0.1) is 11.8 Å². The number of nitrogens with zero attached hydrogens (tertiary/aromatic N) is 2. The van der Waals surface area contributed by atoms with Crippen LogP contribution in [0.3, 0.4) is 0 Å². The summed E-state index contributed by atoms with van der Waals surface area (Å²) >= 11 is 7.84. The first-order chi connectivity index (χ1) is 12.4. The quantitative estimate of drug-likeness (QED) is 0.682. The Morgan fingerprint density at radius 1 is 1.15 bits per heavy atom. The molecule has 0 aliphatic carbocycles. The molecular formula is C18H14ClN3O2S2. The van der Waals surface area contributed by atoms with Crippen molar-refractivity contribution in [1.29, 1.82) is 0 Å². The van der Waals surface area contributed by atoms with Gasteiger partial charge in [0.2, 0.25) is 5.95 Å². The average Bonchev–Trinajstić information content (AvgIpc) is 2.63. The van der Waals surface area contributed by atoms with Gasteiger partial charge >= 0.3 is 0 Å². The van der Waals surface area contributed by atoms with Gasteiger partial charge in [-0.2, -0.15) is 0 Å². The van der Waals surface area contributed by atoms with Crippen LogP contribution >= 0.6 is 23.4 Å². The second kappa shape index (κ2) is 6.57. The summed E-state index contributed by atoms with van der Waals surface area (Å²) < 4.78 is 27.5. The van der Waals surface area contributed by atoms with E-state index in [0.717, 1.165) is 16.0 Å². The molecule has 8 heteroatoms. The van der Waals surface area contributed by atoms with Crippen molar-refractivity contribution in [3.63, 3.8) is 0 Å². The number of nitrogens with one attached hydrogen (secondary N) is 1. The highest BCUT2D eigenvalue weighted by Gasteiger charge is 2.26. The van der Waals surface area contributed by atoms with Gasteiger partial charge in [0.05, 0.1) is 10.6 Å². The predicted molar refractivity (Wildman–Crippen MR) is 104 cm³/mol. The van der Waals surface area contributed by atoms with Crippen LogP contribution in [0.1, 0.15) is 17.7 Å². The second-order valence-corrected chi connectivity index (χ2v) is 9.32. The normalized spacial score (nSPS) is 15.8. The van der Waals surface area contributed by atoms with Crippen molar-refractivity contribution in [3.8, 4) is 11.3 Å². The molecule has 2 aromatic carbocycles. The van der Waals surface area contributed by atoms with E-state index in [1.54, 1.807) is 36.2 Å². The highest BCUT2D eigenvalue weighted by Crippen LogP contribution is 2.48. The van der Waals surface area contributed by atoms with Gasteiger partial charge in [0, 0.05) is 32.5 Å². The second-order valence-electron chi connectivity index (χ2n) is 5.82. The Hall–Kier alpha value is -2.09. The fraction of sp³-hybridized carbons (Fsp3) is 0.111. The number of hydrogen-bond donors (Lipinski definition) is 1. The first kappa shape index (κ1) is 17.3. The molecule has 3 aromatic rings. The van der Waals surface area contributed by atoms with E-state index in [1.165, 1.54) is 12.1 Å². The molecule has 1 aliphatic heterocycles. The van der Waals surface area contributed by atoms with E-state index in [0.29, 0.717) is 10.7 Å². The van der Waals surface area contributed by atoms with E-state index >= 15 is 0 Å². The molecule has 1 N–H and O–H groups in total. The zero-order valence-electron chi connectivity index (χ0n) is 13.7. The first-order valence-electron chi connectivity index (χ1n) is 7.85. The van der Waals surface area contributed by atoms with Crippen molar-refractivity contribution in [3.05, 3.63) is 65.3 Å². The molecule has 26 heavy (non-hydrogen) atoms. The average molecular weight is 404 g/mol. The summed E-state index contributed by atoms with van der Waals surface area (Å²) in [6, 6.07) is 13.8. The Kier molecular flexibility index (Phi) is 4.38. The molecule has 1 aromatic heterocycles. The molecule has 0 spiro atoms. The fourth-order valence-corrected chi connectivity index (χ4v) is 5.03. The van der Waals surface area contributed by atoms with Crippen molar-refractivity contribution in [2.75, 3.05) is 4.72 Å². The number of aromatic nitrogens is 2. The molecule has 132 valence electrons. The van der Waals surface area contributed by atoms with Gasteiger partial charge < -0.3 is 0 Å². The number of sulfonamides is 1. The SMILES string of the molecule is CC1Sc2ccc(Cl)cc2-c2nc(NS(=O)(=O)c3ccccc3)ncc21. The molecule has 0 radical (unpaired) electrons. The standard InChI is InChI=1S/C18H14ClN3O2S2/c1-11-15-10-20-18(22-26(23,24)13-5-3-2-4-6-13)21-17(15)14-9-12(19)7-8-16(14)25-11/h2-11H,1H3,(H,20,21,22). The smallest absolute Gasteiger partial charge is 0.247 e. The molecule has 0 saturated carbocycles. The lowest BCUT2D eigenvalue weighted by Crippen LogP contribution is -2.16. The van der Waals surface area contributed by atoms with E-state index in [9.17, 15) is 8.42 Å². The minimum absolute atomic E-state index is 0.0395. The van der Waals surface area contributed by atoms with Gasteiger partial charge in [-0.1, -0.05) is 29.8 Å². The lowest BCUT2D eigenvalue weighted by Gasteiger charge is -2.24. The zero-order chi connectivity index (χ0) is 18.3. The molecule has 0 bridgehead atoms. The van der Waals surface area contributed by atoms with Gasteiger partial charge in [0.25, 0.3) is 10.0 Å². The Bertz CT molecular complexity index is 1090. The largest absolute Gasteiger partial charge is 0.264 e. The topological polar surface area (TPSA) is 72.0 Å². The van der Waals surface area contributed by atoms with Gasteiger partial charge in [-0.3, -0.25) is 0 Å². The van der Waals surface area contributed by atoms with Crippen LogP contribution in [0.4, 0.5) is 5.95 Å². The molecule has 1 atom stereocenters. The molecule has 1 unspecified atom stereocenters. The van der Waals surface area contributed by atoms with Crippen LogP contribution < -0.4 is 4.72 Å². The summed E-state index contributed by atoms with van der Waals surface area (Å²) in [4.78, 5) is 9.91. The molecule has 2 heterocycles. The third-order valence-electron chi connectivity index (χ3n) is 4.03. The van der Waals surface area contributed by atoms with Crippen LogP contribution in [-0.4, -0.2) is 18.4 Å². The number of anilines is 1. The Labute approximate surface area is 160 Å². The van der Waals surface area contributed by atoms with Gasteiger partial charge in [-0.05, 0) is 37.3 Å². The summed E-state index contributed by atoms with van der Waals surface area (Å²) in [7, 11) is -3.75. The van der Waals surface area contributed by atoms with Gasteiger partial charge in [-0.25, -0.2) is 23.1 Å². The number of hydrogen-bond acceptors (Lipinski definition) is 5. The van der Waals surface area contributed by atoms with Crippen LogP contribution in [-0.2, 0) is 10.0 Å². The third-order valence-corrected chi connectivity index (χ3v) is 6.83. The van der Waals surface area contributed by atoms with Gasteiger partial charge in [0.1, 0.15) is 0 Å². The predicted octanol–water partition coefficient (Wildman–Crippen LogP) is 4.76. The van der Waals surface area contributed by atoms with Crippen molar-refractivity contribution in [2.45, 2.75) is 22.0 Å². The van der Waals surface area contributed by atoms with Crippen LogP contribution in [0.25, 0.3) is 11.3 Å². The van der Waals surface area contributed by atoms with Gasteiger partial charge in [0.15, 0.2) is 0 Å². The first-order valence-corrected chi connectivity index (χ1v) is 10.6. The van der Waals surface area contributed by atoms with Crippen LogP contribution in [0, 0.1) is 0 Å². The minimum Gasteiger partial charge on any atom is -0.247 e. The van der Waals surface area contributed by atoms with Crippen LogP contribution in [0.2, 0.25) is 5.02 Å². The number of thioether (sulfide) groups is 1. The Balaban J connectivity index is 1.77. The molecule has 0 amide bonds. The van der Waals surface area contributed by atoms with E-state index in [1.807, 2.05) is 18.2 Å². The molecular weight excluding hydrogens is 390 g/mol. The van der Waals surface area contributed by atoms with E-state index in [4.69, 9.17) is 11.6 Å². The summed E-state index contributed by atoms with van der Waals surface area (Å²) in [6.45, 7) is 2.07. The third kappa shape index (κ3) is 3.18. The molecule has 1 aliphatic rings. The maximum absolute atomic E-state index is 12.5. The summed E-state index contributed by atoms with van der Waals surface area (Å²) in [5, 5.41) is 0.772. The lowest BCUT2D eigenvalue weighted by atomic mass is 10.0. The highest BCUT2D eigenvalue weighted by atomic mass is 35.5. The van der Waals surface area contributed by atoms with Crippen molar-refractivity contribution >= 4 is 39.3 Å². The van der Waals surface area contributed by atoms with E-state index in [-0.39, 0.29) is 16.1 Å². The van der Waals surface area contributed by atoms with Crippen LogP contribution in [0.15, 0.2) is 64.5 Å².